The number of rotatable bonds is 6. The van der Waals surface area contributed by atoms with Gasteiger partial charge in [0.25, 0.3) is 0 Å². The lowest BCUT2D eigenvalue weighted by Gasteiger charge is -2.32. The van der Waals surface area contributed by atoms with Crippen LogP contribution >= 0.6 is 0 Å². The van der Waals surface area contributed by atoms with Crippen LogP contribution in [-0.4, -0.2) is 0 Å². The van der Waals surface area contributed by atoms with Gasteiger partial charge in [0.05, 0.1) is 0 Å². The Hall–Kier alpha value is -2.10. The summed E-state index contributed by atoms with van der Waals surface area (Å²) < 4.78 is 0. The van der Waals surface area contributed by atoms with E-state index in [1.165, 1.54) is 5.56 Å². The highest BCUT2D eigenvalue weighted by atomic mass is 14.3. The molecule has 0 radical (unpaired) electrons. The molecular formula is C19H20. The molecule has 0 aliphatic rings. The van der Waals surface area contributed by atoms with Crippen LogP contribution in [0.15, 0.2) is 30.3 Å². The molecule has 0 heterocycles. The zero-order chi connectivity index (χ0) is 14.0. The van der Waals surface area contributed by atoms with Crippen LogP contribution in [0, 0.1) is 36.5 Å². The van der Waals surface area contributed by atoms with E-state index >= 15 is 0 Å². The molecule has 0 spiro atoms. The molecule has 0 aromatic heterocycles. The van der Waals surface area contributed by atoms with Crippen molar-refractivity contribution in [2.75, 3.05) is 0 Å². The standard InChI is InChI=1S/C19H20/c1-4-7-15-19(16-8-5-2,17-9-6-3)18-13-11-10-12-14-18/h1-2,10-14H,7-8,15-17H2,3H3. The van der Waals surface area contributed by atoms with Gasteiger partial charge in [-0.2, -0.15) is 0 Å². The summed E-state index contributed by atoms with van der Waals surface area (Å²) in [7, 11) is 0. The van der Waals surface area contributed by atoms with Crippen molar-refractivity contribution in [3.63, 3.8) is 0 Å². The quantitative estimate of drug-likeness (QED) is 0.663. The van der Waals surface area contributed by atoms with Gasteiger partial charge in [-0.3, -0.25) is 0 Å². The minimum absolute atomic E-state index is 0.0109. The minimum Gasteiger partial charge on any atom is -0.120 e. The van der Waals surface area contributed by atoms with Crippen molar-refractivity contribution in [2.24, 2.45) is 0 Å². The SMILES string of the molecule is C#CCCC(CC#CC)(CCC#C)c1ccccc1. The molecular weight excluding hydrogens is 228 g/mol. The van der Waals surface area contributed by atoms with Crippen molar-refractivity contribution in [1.82, 2.24) is 0 Å². The maximum absolute atomic E-state index is 5.44. The summed E-state index contributed by atoms with van der Waals surface area (Å²) in [6, 6.07) is 10.5. The molecule has 1 rings (SSSR count). The third-order valence-electron chi connectivity index (χ3n) is 3.49. The van der Waals surface area contributed by atoms with Crippen molar-refractivity contribution in [1.29, 1.82) is 0 Å². The number of hydrogen-bond acceptors (Lipinski definition) is 0. The lowest BCUT2D eigenvalue weighted by atomic mass is 9.71. The molecule has 0 amide bonds. The topological polar surface area (TPSA) is 0 Å². The second-order valence-corrected chi connectivity index (χ2v) is 4.66. The van der Waals surface area contributed by atoms with Crippen molar-refractivity contribution >= 4 is 0 Å². The summed E-state index contributed by atoms with van der Waals surface area (Å²) in [5.41, 5.74) is 1.28. The first-order valence-electron chi connectivity index (χ1n) is 6.61. The predicted molar refractivity (Wildman–Crippen MR) is 82.3 cm³/mol. The third-order valence-corrected chi connectivity index (χ3v) is 3.49. The summed E-state index contributed by atoms with van der Waals surface area (Å²) >= 11 is 0. The Balaban J connectivity index is 3.12. The first-order valence-corrected chi connectivity index (χ1v) is 6.61. The van der Waals surface area contributed by atoms with E-state index in [2.05, 4.69) is 47.9 Å². The van der Waals surface area contributed by atoms with Gasteiger partial charge in [0.15, 0.2) is 0 Å². The highest BCUT2D eigenvalue weighted by Gasteiger charge is 2.30. The molecule has 0 unspecified atom stereocenters. The van der Waals surface area contributed by atoms with Crippen molar-refractivity contribution in [3.05, 3.63) is 35.9 Å². The second-order valence-electron chi connectivity index (χ2n) is 4.66. The Morgan fingerprint density at radius 2 is 1.58 bits per heavy atom. The molecule has 1 aromatic rings. The minimum atomic E-state index is -0.0109. The summed E-state index contributed by atoms with van der Waals surface area (Å²) in [4.78, 5) is 0. The normalized spacial score (nSPS) is 9.84. The Kier molecular flexibility index (Phi) is 6.36. The van der Waals surface area contributed by atoms with E-state index in [0.29, 0.717) is 0 Å². The van der Waals surface area contributed by atoms with Crippen LogP contribution in [0.2, 0.25) is 0 Å². The van der Waals surface area contributed by atoms with Gasteiger partial charge in [0.1, 0.15) is 0 Å². The van der Waals surface area contributed by atoms with Gasteiger partial charge in [-0.25, -0.2) is 0 Å². The van der Waals surface area contributed by atoms with Crippen LogP contribution < -0.4 is 0 Å². The van der Waals surface area contributed by atoms with Crippen LogP contribution in [0.3, 0.4) is 0 Å². The molecule has 0 aliphatic carbocycles. The number of hydrogen-bond donors (Lipinski definition) is 0. The van der Waals surface area contributed by atoms with Gasteiger partial charge in [0, 0.05) is 24.7 Å². The van der Waals surface area contributed by atoms with E-state index in [9.17, 15) is 0 Å². The zero-order valence-corrected chi connectivity index (χ0v) is 11.6. The van der Waals surface area contributed by atoms with Crippen LogP contribution in [0.5, 0.6) is 0 Å². The molecule has 0 aliphatic heterocycles. The molecule has 0 N–H and O–H groups in total. The van der Waals surface area contributed by atoms with Crippen LogP contribution in [-0.2, 0) is 5.41 Å². The molecule has 0 bridgehead atoms. The van der Waals surface area contributed by atoms with Crippen LogP contribution in [0.4, 0.5) is 0 Å². The number of benzene rings is 1. The summed E-state index contributed by atoms with van der Waals surface area (Å²) in [6.45, 7) is 1.87. The Bertz CT molecular complexity index is 493. The Labute approximate surface area is 117 Å². The number of terminal acetylenes is 2. The molecule has 0 heteroatoms. The van der Waals surface area contributed by atoms with Crippen molar-refractivity contribution in [3.8, 4) is 36.5 Å². The van der Waals surface area contributed by atoms with Crippen molar-refractivity contribution in [2.45, 2.75) is 44.4 Å². The largest absolute Gasteiger partial charge is 0.120 e. The Morgan fingerprint density at radius 1 is 1.00 bits per heavy atom. The van der Waals surface area contributed by atoms with E-state index in [1.54, 1.807) is 0 Å². The fourth-order valence-corrected chi connectivity index (χ4v) is 2.36. The molecule has 0 fully saturated rings. The first-order chi connectivity index (χ1) is 9.29. The molecule has 0 nitrogen and oxygen atoms in total. The molecule has 0 atom stereocenters. The van der Waals surface area contributed by atoms with Gasteiger partial charge < -0.3 is 0 Å². The van der Waals surface area contributed by atoms with Gasteiger partial charge in [0.2, 0.25) is 0 Å². The highest BCUT2D eigenvalue weighted by Crippen LogP contribution is 2.37. The lowest BCUT2D eigenvalue weighted by Crippen LogP contribution is -2.25. The van der Waals surface area contributed by atoms with E-state index in [4.69, 9.17) is 12.8 Å². The van der Waals surface area contributed by atoms with Gasteiger partial charge in [-0.05, 0) is 25.3 Å². The monoisotopic (exact) mass is 248 g/mol. The summed E-state index contributed by atoms with van der Waals surface area (Å²) in [6.07, 6.45) is 15.1. The summed E-state index contributed by atoms with van der Waals surface area (Å²) in [5, 5.41) is 0. The highest BCUT2D eigenvalue weighted by molar-refractivity contribution is 5.28. The zero-order valence-electron chi connectivity index (χ0n) is 11.6. The van der Waals surface area contributed by atoms with Gasteiger partial charge in [-0.1, -0.05) is 30.3 Å². The summed E-state index contributed by atoms with van der Waals surface area (Å²) in [5.74, 6) is 11.7. The van der Waals surface area contributed by atoms with E-state index < -0.39 is 0 Å². The first kappa shape index (κ1) is 15.0. The van der Waals surface area contributed by atoms with Gasteiger partial charge >= 0.3 is 0 Å². The third kappa shape index (κ3) is 4.25. The molecule has 96 valence electrons. The van der Waals surface area contributed by atoms with Crippen LogP contribution in [0.1, 0.15) is 44.6 Å². The average Bonchev–Trinajstić information content (AvgIpc) is 2.48. The van der Waals surface area contributed by atoms with Crippen molar-refractivity contribution < 1.29 is 0 Å². The van der Waals surface area contributed by atoms with Crippen LogP contribution in [0.25, 0.3) is 0 Å². The van der Waals surface area contributed by atoms with E-state index in [-0.39, 0.29) is 5.41 Å². The van der Waals surface area contributed by atoms with Gasteiger partial charge in [-0.15, -0.1) is 36.5 Å². The fraction of sp³-hybridized carbons (Fsp3) is 0.368. The average molecular weight is 248 g/mol. The molecule has 0 saturated heterocycles. The van der Waals surface area contributed by atoms with E-state index in [1.807, 2.05) is 13.0 Å². The molecule has 0 saturated carbocycles. The van der Waals surface area contributed by atoms with E-state index in [0.717, 1.165) is 32.1 Å². The molecule has 19 heavy (non-hydrogen) atoms. The lowest BCUT2D eigenvalue weighted by molar-refractivity contribution is 0.382. The second kappa shape index (κ2) is 8.08. The predicted octanol–water partition coefficient (Wildman–Crippen LogP) is 4.16. The maximum Gasteiger partial charge on any atom is 0.0186 e. The maximum atomic E-state index is 5.44. The molecule has 1 aromatic carbocycles. The smallest absolute Gasteiger partial charge is 0.0186 e. The fourth-order valence-electron chi connectivity index (χ4n) is 2.36. The Morgan fingerprint density at radius 3 is 2.05 bits per heavy atom.